The molecular formula is C17H25NO2. The Morgan fingerprint density at radius 1 is 1.25 bits per heavy atom. The highest BCUT2D eigenvalue weighted by molar-refractivity contribution is 5.74. The van der Waals surface area contributed by atoms with Gasteiger partial charge in [-0.25, -0.2) is 0 Å². The fourth-order valence-corrected chi connectivity index (χ4v) is 2.03. The van der Waals surface area contributed by atoms with Crippen LogP contribution in [0, 0.1) is 6.92 Å². The van der Waals surface area contributed by atoms with E-state index in [0.717, 1.165) is 12.8 Å². The molecule has 0 saturated heterocycles. The van der Waals surface area contributed by atoms with E-state index in [-0.39, 0.29) is 5.91 Å². The first-order valence-electron chi connectivity index (χ1n) is 7.02. The van der Waals surface area contributed by atoms with Gasteiger partial charge >= 0.3 is 0 Å². The molecule has 0 fully saturated rings. The van der Waals surface area contributed by atoms with Crippen LogP contribution in [0.1, 0.15) is 31.4 Å². The molecule has 1 aromatic rings. The first-order valence-corrected chi connectivity index (χ1v) is 7.02. The number of aryl methyl sites for hydroxylation is 1. The third-order valence-electron chi connectivity index (χ3n) is 3.13. The minimum absolute atomic E-state index is 0.0735. The summed E-state index contributed by atoms with van der Waals surface area (Å²) in [7, 11) is 1.68. The van der Waals surface area contributed by atoms with Crippen molar-refractivity contribution in [1.29, 1.82) is 0 Å². The zero-order chi connectivity index (χ0) is 15.0. The molecule has 0 unspecified atom stereocenters. The van der Waals surface area contributed by atoms with Gasteiger partial charge in [-0.2, -0.15) is 0 Å². The van der Waals surface area contributed by atoms with Crippen molar-refractivity contribution in [3.05, 3.63) is 47.2 Å². The van der Waals surface area contributed by atoms with Crippen molar-refractivity contribution in [1.82, 2.24) is 4.90 Å². The van der Waals surface area contributed by atoms with Crippen LogP contribution in [0.3, 0.4) is 0 Å². The highest BCUT2D eigenvalue weighted by Gasteiger charge is 2.06. The lowest BCUT2D eigenvalue weighted by molar-refractivity contribution is -0.126. The molecule has 3 nitrogen and oxygen atoms in total. The molecule has 0 saturated carbocycles. The van der Waals surface area contributed by atoms with Crippen molar-refractivity contribution < 1.29 is 9.53 Å². The van der Waals surface area contributed by atoms with Gasteiger partial charge in [-0.1, -0.05) is 35.4 Å². The number of amides is 1. The monoisotopic (exact) mass is 275 g/mol. The Labute approximate surface area is 122 Å². The minimum atomic E-state index is 0.0735. The number of ether oxygens (including phenoxy) is 1. The van der Waals surface area contributed by atoms with Gasteiger partial charge in [-0.05, 0) is 32.3 Å². The van der Waals surface area contributed by atoms with E-state index >= 15 is 0 Å². The molecule has 0 aliphatic rings. The van der Waals surface area contributed by atoms with Crippen molar-refractivity contribution in [2.75, 3.05) is 20.3 Å². The molecule has 1 amide bonds. The number of rotatable bonds is 7. The van der Waals surface area contributed by atoms with E-state index in [1.165, 1.54) is 16.7 Å². The fraction of sp³-hybridized carbons (Fsp3) is 0.471. The molecule has 0 aliphatic carbocycles. The Morgan fingerprint density at radius 2 is 1.90 bits per heavy atom. The molecule has 0 N–H and O–H groups in total. The van der Waals surface area contributed by atoms with E-state index in [2.05, 4.69) is 38.1 Å². The van der Waals surface area contributed by atoms with Gasteiger partial charge in [0.1, 0.15) is 0 Å². The molecule has 0 aliphatic heterocycles. The van der Waals surface area contributed by atoms with Gasteiger partial charge in [-0.3, -0.25) is 4.79 Å². The summed E-state index contributed by atoms with van der Waals surface area (Å²) in [5, 5.41) is 0. The van der Waals surface area contributed by atoms with Crippen LogP contribution in [-0.2, 0) is 16.0 Å². The zero-order valence-corrected chi connectivity index (χ0v) is 13.0. The largest absolute Gasteiger partial charge is 0.385 e. The van der Waals surface area contributed by atoms with Crippen LogP contribution in [0.2, 0.25) is 0 Å². The van der Waals surface area contributed by atoms with Crippen LogP contribution >= 0.6 is 0 Å². The second kappa shape index (κ2) is 8.54. The van der Waals surface area contributed by atoms with Crippen molar-refractivity contribution in [3.8, 4) is 0 Å². The topological polar surface area (TPSA) is 29.5 Å². The van der Waals surface area contributed by atoms with Crippen LogP contribution in [0.15, 0.2) is 36.0 Å². The Morgan fingerprint density at radius 3 is 2.45 bits per heavy atom. The lowest BCUT2D eigenvalue weighted by Gasteiger charge is -2.17. The highest BCUT2D eigenvalue weighted by atomic mass is 16.5. The lowest BCUT2D eigenvalue weighted by atomic mass is 10.1. The molecule has 110 valence electrons. The van der Waals surface area contributed by atoms with Crippen LogP contribution in [0.25, 0.3) is 0 Å². The second-order valence-electron chi connectivity index (χ2n) is 5.20. The van der Waals surface area contributed by atoms with Crippen LogP contribution in [0.4, 0.5) is 0 Å². The number of benzene rings is 1. The van der Waals surface area contributed by atoms with Crippen molar-refractivity contribution in [3.63, 3.8) is 0 Å². The SMILES string of the molecule is COCCCN(C=C(C)Cc1ccc(C)cc1)C(C)=O. The quantitative estimate of drug-likeness (QED) is 0.714. The fourth-order valence-electron chi connectivity index (χ4n) is 2.03. The number of methoxy groups -OCH3 is 1. The van der Waals surface area contributed by atoms with Crippen molar-refractivity contribution in [2.24, 2.45) is 0 Å². The summed E-state index contributed by atoms with van der Waals surface area (Å²) in [4.78, 5) is 13.4. The van der Waals surface area contributed by atoms with Crippen LogP contribution in [-0.4, -0.2) is 31.1 Å². The Bertz CT molecular complexity index is 449. The summed E-state index contributed by atoms with van der Waals surface area (Å²) < 4.78 is 5.03. The van der Waals surface area contributed by atoms with Crippen molar-refractivity contribution in [2.45, 2.75) is 33.6 Å². The van der Waals surface area contributed by atoms with E-state index in [0.29, 0.717) is 13.2 Å². The summed E-state index contributed by atoms with van der Waals surface area (Å²) in [6.07, 6.45) is 3.68. The summed E-state index contributed by atoms with van der Waals surface area (Å²) in [5.74, 6) is 0.0735. The third-order valence-corrected chi connectivity index (χ3v) is 3.13. The molecule has 0 bridgehead atoms. The second-order valence-corrected chi connectivity index (χ2v) is 5.20. The molecule has 0 atom stereocenters. The molecule has 0 heterocycles. The molecule has 20 heavy (non-hydrogen) atoms. The number of carbonyl (C=O) groups excluding carboxylic acids is 1. The summed E-state index contributed by atoms with van der Waals surface area (Å²) in [6.45, 7) is 7.12. The van der Waals surface area contributed by atoms with Gasteiger partial charge in [0.2, 0.25) is 5.91 Å². The van der Waals surface area contributed by atoms with E-state index < -0.39 is 0 Å². The number of allylic oxidation sites excluding steroid dienone is 1. The summed E-state index contributed by atoms with van der Waals surface area (Å²) in [5.41, 5.74) is 3.71. The van der Waals surface area contributed by atoms with E-state index in [9.17, 15) is 4.79 Å². The van der Waals surface area contributed by atoms with Gasteiger partial charge in [-0.15, -0.1) is 0 Å². The predicted octanol–water partition coefficient (Wildman–Crippen LogP) is 3.33. The van der Waals surface area contributed by atoms with Crippen molar-refractivity contribution >= 4 is 5.91 Å². The van der Waals surface area contributed by atoms with Gasteiger partial charge in [0.15, 0.2) is 0 Å². The van der Waals surface area contributed by atoms with Crippen LogP contribution < -0.4 is 0 Å². The molecule has 0 spiro atoms. The normalized spacial score (nSPS) is 11.5. The first-order chi connectivity index (χ1) is 9.52. The Kier molecular flexibility index (Phi) is 7.02. The molecule has 1 aromatic carbocycles. The highest BCUT2D eigenvalue weighted by Crippen LogP contribution is 2.10. The number of hydrogen-bond donors (Lipinski definition) is 0. The summed E-state index contributed by atoms with van der Waals surface area (Å²) in [6, 6.07) is 8.50. The van der Waals surface area contributed by atoms with Gasteiger partial charge in [0.25, 0.3) is 0 Å². The molecule has 1 rings (SSSR count). The maximum Gasteiger partial charge on any atom is 0.223 e. The number of hydrogen-bond acceptors (Lipinski definition) is 2. The molecule has 0 aromatic heterocycles. The van der Waals surface area contributed by atoms with E-state index in [1.807, 2.05) is 6.20 Å². The van der Waals surface area contributed by atoms with E-state index in [4.69, 9.17) is 4.74 Å². The van der Waals surface area contributed by atoms with Gasteiger partial charge in [0.05, 0.1) is 0 Å². The average molecular weight is 275 g/mol. The Hall–Kier alpha value is -1.61. The maximum absolute atomic E-state index is 11.6. The average Bonchev–Trinajstić information content (AvgIpc) is 2.40. The maximum atomic E-state index is 11.6. The molecule has 0 radical (unpaired) electrons. The first kappa shape index (κ1) is 16.4. The van der Waals surface area contributed by atoms with Gasteiger partial charge < -0.3 is 9.64 Å². The van der Waals surface area contributed by atoms with E-state index in [1.54, 1.807) is 18.9 Å². The number of nitrogens with zero attached hydrogens (tertiary/aromatic N) is 1. The standard InChI is InChI=1S/C17H25NO2/c1-14-6-8-17(9-7-14)12-15(2)13-18(16(3)19)10-5-11-20-4/h6-9,13H,5,10-12H2,1-4H3. The zero-order valence-electron chi connectivity index (χ0n) is 13.0. The number of carbonyl (C=O) groups is 1. The lowest BCUT2D eigenvalue weighted by Crippen LogP contribution is -2.25. The molecular weight excluding hydrogens is 250 g/mol. The van der Waals surface area contributed by atoms with Crippen LogP contribution in [0.5, 0.6) is 0 Å². The Balaban J connectivity index is 2.63. The molecule has 3 heteroatoms. The summed E-state index contributed by atoms with van der Waals surface area (Å²) >= 11 is 0. The smallest absolute Gasteiger partial charge is 0.223 e. The predicted molar refractivity (Wildman–Crippen MR) is 82.5 cm³/mol. The third kappa shape index (κ3) is 6.02. The van der Waals surface area contributed by atoms with Gasteiger partial charge in [0, 0.05) is 33.4 Å². The minimum Gasteiger partial charge on any atom is -0.385 e.